The van der Waals surface area contributed by atoms with Crippen molar-refractivity contribution >= 4 is 11.6 Å². The molecule has 84 valence electrons. The predicted molar refractivity (Wildman–Crippen MR) is 64.1 cm³/mol. The second kappa shape index (κ2) is 5.53. The zero-order chi connectivity index (χ0) is 11.3. The molecule has 0 bridgehead atoms. The van der Waals surface area contributed by atoms with Crippen LogP contribution in [0.2, 0.25) is 0 Å². The molecule has 0 radical (unpaired) electrons. The van der Waals surface area contributed by atoms with Crippen molar-refractivity contribution in [3.8, 4) is 0 Å². The van der Waals surface area contributed by atoms with Crippen molar-refractivity contribution in [2.24, 2.45) is 5.92 Å². The maximum absolute atomic E-state index is 4.18. The molecule has 0 amide bonds. The zero-order valence-corrected chi connectivity index (χ0v) is 9.91. The van der Waals surface area contributed by atoms with Gasteiger partial charge in [-0.2, -0.15) is 0 Å². The van der Waals surface area contributed by atoms with E-state index >= 15 is 0 Å². The van der Waals surface area contributed by atoms with Crippen LogP contribution in [-0.2, 0) is 0 Å². The number of nitrogens with one attached hydrogen (secondary N) is 2. The fraction of sp³-hybridized carbons (Fsp3) is 0.636. The third-order valence-electron chi connectivity index (χ3n) is 2.80. The van der Waals surface area contributed by atoms with Crippen LogP contribution in [0.15, 0.2) is 12.4 Å². The molecule has 1 heterocycles. The number of nitrogens with zero attached hydrogens (tertiary/aromatic N) is 2. The minimum Gasteiger partial charge on any atom is -0.373 e. The van der Waals surface area contributed by atoms with Crippen molar-refractivity contribution in [1.29, 1.82) is 0 Å². The Morgan fingerprint density at radius 3 is 2.53 bits per heavy atom. The average molecular weight is 208 g/mol. The summed E-state index contributed by atoms with van der Waals surface area (Å²) in [4.78, 5) is 8.25. The second-order valence-electron chi connectivity index (χ2n) is 3.86. The van der Waals surface area contributed by atoms with Gasteiger partial charge in [-0.3, -0.25) is 0 Å². The van der Waals surface area contributed by atoms with Crippen LogP contribution >= 0.6 is 0 Å². The molecular formula is C11H20N4. The van der Waals surface area contributed by atoms with Crippen LogP contribution in [0, 0.1) is 5.92 Å². The lowest BCUT2D eigenvalue weighted by molar-refractivity contribution is 0.493. The van der Waals surface area contributed by atoms with Gasteiger partial charge in [0.1, 0.15) is 18.0 Å². The molecule has 4 heteroatoms. The average Bonchev–Trinajstić information content (AvgIpc) is 2.28. The highest BCUT2D eigenvalue weighted by atomic mass is 15.1. The van der Waals surface area contributed by atoms with Crippen molar-refractivity contribution in [2.75, 3.05) is 17.7 Å². The highest BCUT2D eigenvalue weighted by molar-refractivity contribution is 5.46. The summed E-state index contributed by atoms with van der Waals surface area (Å²) >= 11 is 0. The predicted octanol–water partition coefficient (Wildman–Crippen LogP) is 2.36. The first-order valence-electron chi connectivity index (χ1n) is 5.43. The highest BCUT2D eigenvalue weighted by Gasteiger charge is 2.10. The van der Waals surface area contributed by atoms with Crippen molar-refractivity contribution in [3.63, 3.8) is 0 Å². The summed E-state index contributed by atoms with van der Waals surface area (Å²) in [7, 11) is 1.85. The number of hydrogen-bond donors (Lipinski definition) is 2. The van der Waals surface area contributed by atoms with Gasteiger partial charge in [0.05, 0.1) is 0 Å². The Hall–Kier alpha value is -1.32. The van der Waals surface area contributed by atoms with E-state index in [9.17, 15) is 0 Å². The summed E-state index contributed by atoms with van der Waals surface area (Å²) in [6.07, 6.45) is 2.73. The van der Waals surface area contributed by atoms with Gasteiger partial charge in [-0.15, -0.1) is 0 Å². The van der Waals surface area contributed by atoms with Crippen molar-refractivity contribution in [1.82, 2.24) is 9.97 Å². The van der Waals surface area contributed by atoms with Crippen LogP contribution in [-0.4, -0.2) is 23.1 Å². The van der Waals surface area contributed by atoms with E-state index in [1.165, 1.54) is 0 Å². The van der Waals surface area contributed by atoms with Crippen LogP contribution < -0.4 is 10.6 Å². The first-order chi connectivity index (χ1) is 7.17. The van der Waals surface area contributed by atoms with E-state index in [4.69, 9.17) is 0 Å². The van der Waals surface area contributed by atoms with E-state index in [1.807, 2.05) is 13.1 Å². The number of aromatic nitrogens is 2. The van der Waals surface area contributed by atoms with Gasteiger partial charge < -0.3 is 10.6 Å². The molecule has 0 aromatic carbocycles. The largest absolute Gasteiger partial charge is 0.373 e. The highest BCUT2D eigenvalue weighted by Crippen LogP contribution is 2.14. The molecule has 0 aliphatic heterocycles. The summed E-state index contributed by atoms with van der Waals surface area (Å²) in [6, 6.07) is 2.34. The molecule has 15 heavy (non-hydrogen) atoms. The van der Waals surface area contributed by atoms with Gasteiger partial charge >= 0.3 is 0 Å². The second-order valence-corrected chi connectivity index (χ2v) is 3.86. The normalized spacial score (nSPS) is 14.4. The first-order valence-corrected chi connectivity index (χ1v) is 5.43. The lowest BCUT2D eigenvalue weighted by atomic mass is 10.0. The topological polar surface area (TPSA) is 49.8 Å². The molecule has 2 atom stereocenters. The van der Waals surface area contributed by atoms with Gasteiger partial charge in [-0.25, -0.2) is 9.97 Å². The van der Waals surface area contributed by atoms with Crippen molar-refractivity contribution in [2.45, 2.75) is 33.2 Å². The van der Waals surface area contributed by atoms with Gasteiger partial charge in [0, 0.05) is 19.2 Å². The van der Waals surface area contributed by atoms with Crippen LogP contribution in [0.3, 0.4) is 0 Å². The molecule has 0 fully saturated rings. The van der Waals surface area contributed by atoms with E-state index < -0.39 is 0 Å². The molecule has 2 unspecified atom stereocenters. The van der Waals surface area contributed by atoms with Crippen molar-refractivity contribution in [3.05, 3.63) is 12.4 Å². The molecule has 4 nitrogen and oxygen atoms in total. The first kappa shape index (κ1) is 11.8. The molecule has 1 aromatic rings. The summed E-state index contributed by atoms with van der Waals surface area (Å²) in [6.45, 7) is 6.61. The Bertz CT molecular complexity index is 300. The number of anilines is 2. The Balaban J connectivity index is 2.63. The Labute approximate surface area is 91.5 Å². The molecule has 0 saturated carbocycles. The lowest BCUT2D eigenvalue weighted by Crippen LogP contribution is -2.23. The lowest BCUT2D eigenvalue weighted by Gasteiger charge is -2.20. The Kier molecular flexibility index (Phi) is 4.34. The standard InChI is InChI=1S/C11H20N4/c1-5-8(2)9(3)15-11-6-10(12-4)13-7-14-11/h6-9H,5H2,1-4H3,(H2,12,13,14,15). The molecule has 1 aromatic heterocycles. The van der Waals surface area contributed by atoms with E-state index in [-0.39, 0.29) is 0 Å². The Morgan fingerprint density at radius 2 is 1.93 bits per heavy atom. The minimum absolute atomic E-state index is 0.426. The fourth-order valence-corrected chi connectivity index (χ4v) is 1.30. The smallest absolute Gasteiger partial charge is 0.131 e. The van der Waals surface area contributed by atoms with E-state index in [1.54, 1.807) is 6.33 Å². The summed E-state index contributed by atoms with van der Waals surface area (Å²) < 4.78 is 0. The fourth-order valence-electron chi connectivity index (χ4n) is 1.30. The third-order valence-corrected chi connectivity index (χ3v) is 2.80. The minimum atomic E-state index is 0.426. The molecule has 0 spiro atoms. The quantitative estimate of drug-likeness (QED) is 0.780. The molecule has 2 N–H and O–H groups in total. The maximum atomic E-state index is 4.18. The Morgan fingerprint density at radius 1 is 1.27 bits per heavy atom. The number of hydrogen-bond acceptors (Lipinski definition) is 4. The van der Waals surface area contributed by atoms with Crippen molar-refractivity contribution < 1.29 is 0 Å². The van der Waals surface area contributed by atoms with Crippen LogP contribution in [0.4, 0.5) is 11.6 Å². The van der Waals surface area contributed by atoms with Crippen LogP contribution in [0.5, 0.6) is 0 Å². The molecule has 1 rings (SSSR count). The van der Waals surface area contributed by atoms with E-state index in [2.05, 4.69) is 41.4 Å². The van der Waals surface area contributed by atoms with Gasteiger partial charge in [0.2, 0.25) is 0 Å². The van der Waals surface area contributed by atoms with Crippen LogP contribution in [0.1, 0.15) is 27.2 Å². The van der Waals surface area contributed by atoms with Gasteiger partial charge in [0.25, 0.3) is 0 Å². The summed E-state index contributed by atoms with van der Waals surface area (Å²) in [5.41, 5.74) is 0. The molecule has 0 saturated heterocycles. The van der Waals surface area contributed by atoms with E-state index in [0.29, 0.717) is 12.0 Å². The summed E-state index contributed by atoms with van der Waals surface area (Å²) in [5.74, 6) is 2.35. The molecule has 0 aliphatic rings. The third kappa shape index (κ3) is 3.38. The van der Waals surface area contributed by atoms with Gasteiger partial charge in [-0.1, -0.05) is 20.3 Å². The maximum Gasteiger partial charge on any atom is 0.131 e. The summed E-state index contributed by atoms with van der Waals surface area (Å²) in [5, 5.41) is 6.37. The molecule has 0 aliphatic carbocycles. The van der Waals surface area contributed by atoms with Gasteiger partial charge in [0.15, 0.2) is 0 Å². The number of rotatable bonds is 5. The molecular weight excluding hydrogens is 188 g/mol. The van der Waals surface area contributed by atoms with E-state index in [0.717, 1.165) is 18.1 Å². The van der Waals surface area contributed by atoms with Crippen LogP contribution in [0.25, 0.3) is 0 Å². The SMILES string of the molecule is CCC(C)C(C)Nc1cc(NC)ncn1. The zero-order valence-electron chi connectivity index (χ0n) is 9.91. The monoisotopic (exact) mass is 208 g/mol. The van der Waals surface area contributed by atoms with Gasteiger partial charge in [-0.05, 0) is 12.8 Å².